The molecule has 0 unspecified atom stereocenters. The average Bonchev–Trinajstić information content (AvgIpc) is 3.65. The van der Waals surface area contributed by atoms with Crippen molar-refractivity contribution in [2.45, 2.75) is 17.5 Å². The molecule has 3 heterocycles. The van der Waals surface area contributed by atoms with E-state index in [4.69, 9.17) is 18.9 Å². The largest absolute Gasteiger partial charge is 0.497 e. The molecule has 0 fully saturated rings. The van der Waals surface area contributed by atoms with E-state index in [1.165, 1.54) is 0 Å². The Morgan fingerprint density at radius 2 is 1.71 bits per heavy atom. The summed E-state index contributed by atoms with van der Waals surface area (Å²) in [5, 5.41) is 12.8. The van der Waals surface area contributed by atoms with Gasteiger partial charge in [-0.25, -0.2) is 4.98 Å². The minimum atomic E-state index is 0.529. The summed E-state index contributed by atoms with van der Waals surface area (Å²) in [5.74, 6) is 3.86. The molecule has 0 atom stereocenters. The lowest BCUT2D eigenvalue weighted by Gasteiger charge is -2.09. The third-order valence-corrected chi connectivity index (χ3v) is 7.10. The Morgan fingerprint density at radius 1 is 0.941 bits per heavy atom. The number of furan rings is 1. The molecule has 0 spiro atoms. The summed E-state index contributed by atoms with van der Waals surface area (Å²) in [4.78, 5) is 4.81. The Bertz CT molecular complexity index is 1380. The molecule has 9 heteroatoms. The minimum Gasteiger partial charge on any atom is -0.497 e. The number of thiazole rings is 1. The van der Waals surface area contributed by atoms with Crippen LogP contribution in [0.3, 0.4) is 0 Å². The number of thioether (sulfide) groups is 1. The normalized spacial score (nSPS) is 11.0. The maximum atomic E-state index is 5.60. The molecule has 0 aliphatic carbocycles. The summed E-state index contributed by atoms with van der Waals surface area (Å²) in [6, 6.07) is 19.6. The van der Waals surface area contributed by atoms with Gasteiger partial charge in [-0.2, -0.15) is 0 Å². The van der Waals surface area contributed by atoms with Gasteiger partial charge in [0.1, 0.15) is 22.3 Å². The van der Waals surface area contributed by atoms with Crippen LogP contribution in [0.2, 0.25) is 0 Å². The first-order chi connectivity index (χ1) is 16.7. The van der Waals surface area contributed by atoms with E-state index in [1.807, 2.05) is 60.7 Å². The van der Waals surface area contributed by atoms with Gasteiger partial charge in [-0.1, -0.05) is 36.0 Å². The highest BCUT2D eigenvalue weighted by Crippen LogP contribution is 2.31. The van der Waals surface area contributed by atoms with Crippen LogP contribution in [0.15, 0.2) is 81.9 Å². The van der Waals surface area contributed by atoms with E-state index in [0.717, 1.165) is 50.1 Å². The zero-order chi connectivity index (χ0) is 23.3. The molecule has 0 amide bonds. The third kappa shape index (κ3) is 4.85. The fraction of sp³-hybridized carbons (Fsp3) is 0.160. The second kappa shape index (κ2) is 10.1. The highest BCUT2D eigenvalue weighted by Gasteiger charge is 2.17. The van der Waals surface area contributed by atoms with Crippen LogP contribution < -0.4 is 9.47 Å². The quantitative estimate of drug-likeness (QED) is 0.234. The number of hydrogen-bond acceptors (Lipinski definition) is 8. The molecule has 34 heavy (non-hydrogen) atoms. The van der Waals surface area contributed by atoms with E-state index in [2.05, 4.69) is 20.1 Å². The summed E-state index contributed by atoms with van der Waals surface area (Å²) in [5.41, 5.74) is 2.96. The molecule has 172 valence electrons. The van der Waals surface area contributed by atoms with Crippen molar-refractivity contribution >= 4 is 23.1 Å². The lowest BCUT2D eigenvalue weighted by Crippen LogP contribution is -2.03. The van der Waals surface area contributed by atoms with Gasteiger partial charge in [-0.05, 0) is 36.4 Å². The molecule has 0 aliphatic rings. The fourth-order valence-corrected chi connectivity index (χ4v) is 5.23. The van der Waals surface area contributed by atoms with E-state index >= 15 is 0 Å². The van der Waals surface area contributed by atoms with Crippen molar-refractivity contribution in [2.75, 3.05) is 14.2 Å². The summed E-state index contributed by atoms with van der Waals surface area (Å²) < 4.78 is 18.4. The van der Waals surface area contributed by atoms with Crippen LogP contribution in [0.5, 0.6) is 11.5 Å². The minimum absolute atomic E-state index is 0.529. The average molecular weight is 491 g/mol. The Labute approximate surface area is 205 Å². The highest BCUT2D eigenvalue weighted by atomic mass is 32.2. The number of hydrogen-bond donors (Lipinski definition) is 0. The summed E-state index contributed by atoms with van der Waals surface area (Å²) in [7, 11) is 3.32. The van der Waals surface area contributed by atoms with E-state index in [9.17, 15) is 0 Å². The molecule has 0 aliphatic heterocycles. The standard InChI is InChI=1S/C25H22N4O3S2/c1-30-20-8-3-6-17(12-20)23-27-28-25(29(23)14-22-10-5-11-32-22)34-16-19-15-33-24(26-19)18-7-4-9-21(13-18)31-2/h3-13,15H,14,16H2,1-2H3. The molecule has 0 saturated heterocycles. The summed E-state index contributed by atoms with van der Waals surface area (Å²) >= 11 is 3.22. The van der Waals surface area contributed by atoms with Crippen LogP contribution in [0.25, 0.3) is 22.0 Å². The monoisotopic (exact) mass is 490 g/mol. The van der Waals surface area contributed by atoms with E-state index in [1.54, 1.807) is 43.6 Å². The number of ether oxygens (including phenoxy) is 2. The summed E-state index contributed by atoms with van der Waals surface area (Å²) in [6.45, 7) is 0.529. The molecule has 0 N–H and O–H groups in total. The maximum Gasteiger partial charge on any atom is 0.192 e. The van der Waals surface area contributed by atoms with Gasteiger partial charge in [-0.3, -0.25) is 4.57 Å². The van der Waals surface area contributed by atoms with E-state index < -0.39 is 0 Å². The van der Waals surface area contributed by atoms with Crippen LogP contribution in [0.1, 0.15) is 11.5 Å². The van der Waals surface area contributed by atoms with E-state index in [0.29, 0.717) is 12.3 Å². The molecule has 2 aromatic carbocycles. The Morgan fingerprint density at radius 3 is 2.44 bits per heavy atom. The highest BCUT2D eigenvalue weighted by molar-refractivity contribution is 7.98. The molecule has 5 rings (SSSR count). The second-order valence-corrected chi connectivity index (χ2v) is 9.17. The van der Waals surface area contributed by atoms with Crippen LogP contribution in [0.4, 0.5) is 0 Å². The maximum absolute atomic E-state index is 5.60. The smallest absolute Gasteiger partial charge is 0.192 e. The molecule has 0 radical (unpaired) electrons. The lowest BCUT2D eigenvalue weighted by molar-refractivity contribution is 0.415. The Balaban J connectivity index is 1.39. The van der Waals surface area contributed by atoms with Gasteiger partial charge in [0.05, 0.1) is 32.7 Å². The number of methoxy groups -OCH3 is 2. The topological polar surface area (TPSA) is 75.2 Å². The van der Waals surface area contributed by atoms with Gasteiger partial charge in [0.2, 0.25) is 0 Å². The SMILES string of the molecule is COc1cccc(-c2nc(CSc3nnc(-c4cccc(OC)c4)n3Cc3ccco3)cs2)c1. The molecule has 0 bridgehead atoms. The van der Waals surface area contributed by atoms with Crippen molar-refractivity contribution in [3.8, 4) is 33.5 Å². The van der Waals surface area contributed by atoms with Crippen LogP contribution in [-0.4, -0.2) is 34.0 Å². The molecule has 3 aromatic heterocycles. The zero-order valence-electron chi connectivity index (χ0n) is 18.7. The molecule has 7 nitrogen and oxygen atoms in total. The van der Waals surface area contributed by atoms with Gasteiger partial charge in [0.15, 0.2) is 11.0 Å². The van der Waals surface area contributed by atoms with Crippen molar-refractivity contribution < 1.29 is 13.9 Å². The lowest BCUT2D eigenvalue weighted by atomic mass is 10.2. The predicted molar refractivity (Wildman–Crippen MR) is 133 cm³/mol. The van der Waals surface area contributed by atoms with Crippen molar-refractivity contribution in [1.29, 1.82) is 0 Å². The van der Waals surface area contributed by atoms with Crippen molar-refractivity contribution in [3.05, 3.63) is 83.8 Å². The van der Waals surface area contributed by atoms with Gasteiger partial charge in [0, 0.05) is 22.3 Å². The van der Waals surface area contributed by atoms with Crippen LogP contribution in [-0.2, 0) is 12.3 Å². The molecular weight excluding hydrogens is 468 g/mol. The molecular formula is C25H22N4O3S2. The van der Waals surface area contributed by atoms with Crippen molar-refractivity contribution in [3.63, 3.8) is 0 Å². The van der Waals surface area contributed by atoms with Gasteiger partial charge >= 0.3 is 0 Å². The summed E-state index contributed by atoms with van der Waals surface area (Å²) in [6.07, 6.45) is 1.67. The van der Waals surface area contributed by atoms with Crippen molar-refractivity contribution in [1.82, 2.24) is 19.7 Å². The molecule has 0 saturated carbocycles. The Hall–Kier alpha value is -3.56. The first-order valence-corrected chi connectivity index (χ1v) is 12.4. The number of aromatic nitrogens is 4. The van der Waals surface area contributed by atoms with Gasteiger partial charge in [0.25, 0.3) is 0 Å². The first kappa shape index (κ1) is 22.2. The third-order valence-electron chi connectivity index (χ3n) is 5.16. The number of benzene rings is 2. The zero-order valence-corrected chi connectivity index (χ0v) is 20.3. The van der Waals surface area contributed by atoms with E-state index in [-0.39, 0.29) is 0 Å². The van der Waals surface area contributed by atoms with Gasteiger partial charge in [-0.15, -0.1) is 21.5 Å². The molecule has 5 aromatic rings. The number of nitrogens with zero attached hydrogens (tertiary/aromatic N) is 4. The van der Waals surface area contributed by atoms with Gasteiger partial charge < -0.3 is 13.9 Å². The predicted octanol–water partition coefficient (Wildman–Crippen LogP) is 6.02. The van der Waals surface area contributed by atoms with Crippen LogP contribution >= 0.6 is 23.1 Å². The van der Waals surface area contributed by atoms with Crippen LogP contribution in [0, 0.1) is 0 Å². The van der Waals surface area contributed by atoms with Crippen molar-refractivity contribution in [2.24, 2.45) is 0 Å². The number of rotatable bonds is 9. The first-order valence-electron chi connectivity index (χ1n) is 10.5. The Kier molecular flexibility index (Phi) is 6.64. The second-order valence-electron chi connectivity index (χ2n) is 7.37. The fourth-order valence-electron chi connectivity index (χ4n) is 3.47.